The van der Waals surface area contributed by atoms with E-state index in [0.29, 0.717) is 17.6 Å². The van der Waals surface area contributed by atoms with Crippen molar-refractivity contribution in [3.05, 3.63) is 188 Å². The number of thiophene rings is 1. The van der Waals surface area contributed by atoms with Gasteiger partial charge in [-0.2, -0.15) is 9.97 Å². The molecule has 0 aliphatic carbocycles. The van der Waals surface area contributed by atoms with Crippen molar-refractivity contribution in [3.63, 3.8) is 0 Å². The molecule has 0 aliphatic rings. The van der Waals surface area contributed by atoms with Crippen molar-refractivity contribution in [1.29, 1.82) is 0 Å². The fraction of sp³-hybridized carbons (Fsp3) is 0. The van der Waals surface area contributed by atoms with Crippen molar-refractivity contribution in [2.75, 3.05) is 0 Å². The van der Waals surface area contributed by atoms with Gasteiger partial charge in [0.15, 0.2) is 11.6 Å². The molecule has 0 N–H and O–H groups in total. The molecule has 5 nitrogen and oxygen atoms in total. The summed E-state index contributed by atoms with van der Waals surface area (Å²) in [5, 5.41) is 7.20. The molecule has 0 saturated carbocycles. The van der Waals surface area contributed by atoms with Gasteiger partial charge in [0.05, 0.1) is 27.8 Å². The minimum atomic E-state index is 0.576. The average Bonchev–Trinajstić information content (AvgIpc) is 3.94. The Morgan fingerprint density at radius 1 is 0.333 bits per heavy atom. The number of hydrogen-bond donors (Lipinski definition) is 0. The number of benzene rings is 8. The van der Waals surface area contributed by atoms with E-state index < -0.39 is 0 Å². The minimum Gasteiger partial charge on any atom is -0.308 e. The maximum atomic E-state index is 5.39. The van der Waals surface area contributed by atoms with Gasteiger partial charge in [0, 0.05) is 52.8 Å². The molecule has 0 atom stereocenters. The molecule has 8 aromatic carbocycles. The van der Waals surface area contributed by atoms with Crippen LogP contribution in [0.5, 0.6) is 0 Å². The zero-order valence-corrected chi connectivity index (χ0v) is 31.4. The summed E-state index contributed by atoms with van der Waals surface area (Å²) in [6.07, 6.45) is 0. The average molecular weight is 746 g/mol. The summed E-state index contributed by atoms with van der Waals surface area (Å²) in [6.45, 7) is 0. The molecule has 0 aliphatic heterocycles. The summed E-state index contributed by atoms with van der Waals surface area (Å²) in [6, 6.07) is 66.7. The molecule has 0 bridgehead atoms. The summed E-state index contributed by atoms with van der Waals surface area (Å²) in [5.41, 5.74) is 9.54. The maximum absolute atomic E-state index is 5.39. The fourth-order valence-electron chi connectivity index (χ4n) is 8.62. The Bertz CT molecular complexity index is 3490. The Hall–Kier alpha value is -7.41. The highest BCUT2D eigenvalue weighted by molar-refractivity contribution is 7.25. The first-order chi connectivity index (χ1) is 28.3. The van der Waals surface area contributed by atoms with Gasteiger partial charge < -0.3 is 4.57 Å². The van der Waals surface area contributed by atoms with E-state index in [9.17, 15) is 0 Å². The molecule has 0 spiro atoms. The normalized spacial score (nSPS) is 11.9. The summed E-state index contributed by atoms with van der Waals surface area (Å²) in [5.74, 6) is 1.81. The molecule has 4 aromatic heterocycles. The molecule has 0 radical (unpaired) electrons. The largest absolute Gasteiger partial charge is 0.308 e. The highest BCUT2D eigenvalue weighted by Gasteiger charge is 2.22. The molecular weight excluding hydrogens is 715 g/mol. The Kier molecular flexibility index (Phi) is 7.03. The lowest BCUT2D eigenvalue weighted by Gasteiger charge is -2.15. The van der Waals surface area contributed by atoms with Gasteiger partial charge in [-0.05, 0) is 59.7 Å². The van der Waals surface area contributed by atoms with Crippen molar-refractivity contribution in [1.82, 2.24) is 24.1 Å². The lowest BCUT2D eigenvalue weighted by atomic mass is 10.0. The molecule has 12 rings (SSSR count). The molecule has 0 unspecified atom stereocenters. The van der Waals surface area contributed by atoms with Crippen LogP contribution in [0.15, 0.2) is 188 Å². The number of rotatable bonds is 5. The number of fused-ring (bicyclic) bond motifs is 9. The number of para-hydroxylation sites is 4. The highest BCUT2D eigenvalue weighted by atomic mass is 32.1. The zero-order valence-electron chi connectivity index (χ0n) is 30.5. The van der Waals surface area contributed by atoms with E-state index >= 15 is 0 Å². The van der Waals surface area contributed by atoms with Crippen LogP contribution in [0.25, 0.3) is 109 Å². The van der Waals surface area contributed by atoms with Crippen LogP contribution in [-0.4, -0.2) is 24.1 Å². The maximum Gasteiger partial charge on any atom is 0.238 e. The van der Waals surface area contributed by atoms with Crippen LogP contribution < -0.4 is 0 Å². The van der Waals surface area contributed by atoms with E-state index in [1.54, 1.807) is 11.3 Å². The second-order valence-electron chi connectivity index (χ2n) is 14.4. The van der Waals surface area contributed by atoms with E-state index in [-0.39, 0.29) is 0 Å². The number of hydrogen-bond acceptors (Lipinski definition) is 4. The summed E-state index contributed by atoms with van der Waals surface area (Å²) >= 11 is 1.80. The zero-order chi connectivity index (χ0) is 37.5. The van der Waals surface area contributed by atoms with Crippen LogP contribution in [0.2, 0.25) is 0 Å². The highest BCUT2D eigenvalue weighted by Crippen LogP contribution is 2.40. The van der Waals surface area contributed by atoms with E-state index in [1.165, 1.54) is 36.5 Å². The third-order valence-corrected chi connectivity index (χ3v) is 12.3. The third-order valence-electron chi connectivity index (χ3n) is 11.2. The quantitative estimate of drug-likeness (QED) is 0.176. The Labute approximate surface area is 331 Å². The summed E-state index contributed by atoms with van der Waals surface area (Å²) in [7, 11) is 0. The third kappa shape index (κ3) is 4.98. The first-order valence-corrected chi connectivity index (χ1v) is 19.9. The topological polar surface area (TPSA) is 48.5 Å². The Morgan fingerprint density at radius 3 is 1.63 bits per heavy atom. The second kappa shape index (κ2) is 12.6. The van der Waals surface area contributed by atoms with Gasteiger partial charge in [-0.1, -0.05) is 140 Å². The van der Waals surface area contributed by atoms with Crippen molar-refractivity contribution in [2.45, 2.75) is 0 Å². The second-order valence-corrected chi connectivity index (χ2v) is 15.5. The van der Waals surface area contributed by atoms with E-state index in [4.69, 9.17) is 15.0 Å². The fourth-order valence-corrected chi connectivity index (χ4v) is 9.76. The van der Waals surface area contributed by atoms with E-state index in [2.05, 4.69) is 197 Å². The number of aromatic nitrogens is 5. The van der Waals surface area contributed by atoms with Crippen molar-refractivity contribution in [2.24, 2.45) is 0 Å². The van der Waals surface area contributed by atoms with E-state index in [0.717, 1.165) is 55.2 Å². The molecule has 0 saturated heterocycles. The summed E-state index contributed by atoms with van der Waals surface area (Å²) < 4.78 is 7.03. The monoisotopic (exact) mass is 745 g/mol. The van der Waals surface area contributed by atoms with E-state index in [1.807, 2.05) is 0 Å². The molecular formula is C51H31N5S. The predicted octanol–water partition coefficient (Wildman–Crippen LogP) is 13.4. The Balaban J connectivity index is 1.14. The van der Waals surface area contributed by atoms with Gasteiger partial charge in [-0.3, -0.25) is 4.57 Å². The molecule has 0 fully saturated rings. The van der Waals surface area contributed by atoms with Crippen LogP contribution in [0, 0.1) is 0 Å². The first kappa shape index (κ1) is 31.9. The van der Waals surface area contributed by atoms with Crippen LogP contribution >= 0.6 is 11.3 Å². The minimum absolute atomic E-state index is 0.576. The number of nitrogens with zero attached hydrogens (tertiary/aromatic N) is 5. The standard InChI is InChI=1S/C51H31N5S/c1-2-14-32(15-3-1)33-26-28-38-37-18-4-9-21-42(37)55(46(38)30-33)45-24-12-7-20-41(45)50-52-49(34-27-29-40-39-19-8-13-25-47(39)57-48(40)31-34)53-51(54-50)56-43-22-10-5-16-35(43)36-17-6-11-23-44(36)56/h1-31H. The first-order valence-electron chi connectivity index (χ1n) is 19.1. The van der Waals surface area contributed by atoms with Gasteiger partial charge in [-0.15, -0.1) is 11.3 Å². The summed E-state index contributed by atoms with van der Waals surface area (Å²) in [4.78, 5) is 16.1. The predicted molar refractivity (Wildman–Crippen MR) is 238 cm³/mol. The van der Waals surface area contributed by atoms with Crippen molar-refractivity contribution >= 4 is 75.1 Å². The molecule has 0 amide bonds. The van der Waals surface area contributed by atoms with Gasteiger partial charge in [0.25, 0.3) is 0 Å². The van der Waals surface area contributed by atoms with Gasteiger partial charge in [-0.25, -0.2) is 4.98 Å². The lowest BCUT2D eigenvalue weighted by Crippen LogP contribution is -2.07. The van der Waals surface area contributed by atoms with Gasteiger partial charge in [0.1, 0.15) is 0 Å². The Morgan fingerprint density at radius 2 is 0.877 bits per heavy atom. The van der Waals surface area contributed by atoms with Crippen molar-refractivity contribution < 1.29 is 0 Å². The van der Waals surface area contributed by atoms with Crippen LogP contribution in [0.1, 0.15) is 0 Å². The molecule has 4 heterocycles. The van der Waals surface area contributed by atoms with Gasteiger partial charge in [0.2, 0.25) is 5.95 Å². The smallest absolute Gasteiger partial charge is 0.238 e. The SMILES string of the molecule is c1ccc(-c2ccc3c4ccccc4n(-c4ccccc4-c4nc(-c5ccc6c(c5)sc5ccccc56)nc(-n5c6ccccc6c6ccccc65)n4)c3c2)cc1. The van der Waals surface area contributed by atoms with Crippen LogP contribution in [0.4, 0.5) is 0 Å². The van der Waals surface area contributed by atoms with Crippen LogP contribution in [0.3, 0.4) is 0 Å². The molecule has 6 heteroatoms. The van der Waals surface area contributed by atoms with Crippen LogP contribution in [-0.2, 0) is 0 Å². The molecule has 57 heavy (non-hydrogen) atoms. The lowest BCUT2D eigenvalue weighted by molar-refractivity contribution is 0.952. The molecule has 12 aromatic rings. The molecule has 266 valence electrons. The van der Waals surface area contributed by atoms with Crippen molar-refractivity contribution in [3.8, 4) is 45.5 Å². The van der Waals surface area contributed by atoms with Gasteiger partial charge >= 0.3 is 0 Å².